The summed E-state index contributed by atoms with van der Waals surface area (Å²) in [5, 5.41) is 19.1. The number of carboxylic acids is 1. The lowest BCUT2D eigenvalue weighted by Gasteiger charge is -2.04. The van der Waals surface area contributed by atoms with Gasteiger partial charge in [0.25, 0.3) is 0 Å². The number of aliphatic carboxylic acids is 1. The molecule has 0 amide bonds. The highest BCUT2D eigenvalue weighted by Crippen LogP contribution is 2.04. The fourth-order valence-corrected chi connectivity index (χ4v) is 2.02. The third-order valence-electron chi connectivity index (χ3n) is 3.41. The first-order chi connectivity index (χ1) is 11.7. The predicted octanol–water partition coefficient (Wildman–Crippen LogP) is 4.35. The van der Waals surface area contributed by atoms with Crippen LogP contribution in [0.3, 0.4) is 0 Å². The van der Waals surface area contributed by atoms with Gasteiger partial charge in [0.15, 0.2) is 0 Å². The molecular formula is C20H31O4-. The lowest BCUT2D eigenvalue weighted by atomic mass is 10.1. The van der Waals surface area contributed by atoms with Crippen molar-refractivity contribution in [2.45, 2.75) is 70.8 Å². The number of hydrogen-bond acceptors (Lipinski definition) is 4. The topological polar surface area (TPSA) is 69.6 Å². The largest absolute Gasteiger partial charge is 0.550 e. The molecule has 0 aliphatic carbocycles. The van der Waals surface area contributed by atoms with E-state index in [2.05, 4.69) is 30.0 Å². The van der Waals surface area contributed by atoms with Crippen LogP contribution in [-0.2, 0) is 9.68 Å². The molecule has 0 aliphatic rings. The Morgan fingerprint density at radius 3 is 2.50 bits per heavy atom. The smallest absolute Gasteiger partial charge is 0.115 e. The summed E-state index contributed by atoms with van der Waals surface area (Å²) in [7, 11) is 0. The summed E-state index contributed by atoms with van der Waals surface area (Å²) in [6.07, 6.45) is 23.1. The van der Waals surface area contributed by atoms with Gasteiger partial charge in [0.2, 0.25) is 0 Å². The summed E-state index contributed by atoms with van der Waals surface area (Å²) in [4.78, 5) is 14.6. The molecule has 0 aromatic rings. The number of rotatable bonds is 15. The average Bonchev–Trinajstić information content (AvgIpc) is 2.57. The Morgan fingerprint density at radius 1 is 1.04 bits per heavy atom. The zero-order valence-corrected chi connectivity index (χ0v) is 14.7. The maximum Gasteiger partial charge on any atom is 0.115 e. The van der Waals surface area contributed by atoms with E-state index < -0.39 is 12.1 Å². The quantitative estimate of drug-likeness (QED) is 0.159. The molecule has 0 aliphatic heterocycles. The van der Waals surface area contributed by atoms with Crippen molar-refractivity contribution in [3.63, 3.8) is 0 Å². The molecule has 1 N–H and O–H groups in total. The van der Waals surface area contributed by atoms with Gasteiger partial charge in [-0.05, 0) is 44.9 Å². The summed E-state index contributed by atoms with van der Waals surface area (Å²) in [5.41, 5.74) is 0. The summed E-state index contributed by atoms with van der Waals surface area (Å²) >= 11 is 0. The third kappa shape index (κ3) is 16.7. The Balaban J connectivity index is 3.81. The normalized spacial score (nSPS) is 13.8. The van der Waals surface area contributed by atoms with Crippen LogP contribution in [-0.4, -0.2) is 17.3 Å². The second kappa shape index (κ2) is 17.7. The molecule has 1 atom stereocenters. The second-order valence-electron chi connectivity index (χ2n) is 5.63. The lowest BCUT2D eigenvalue weighted by Crippen LogP contribution is -2.21. The molecule has 0 saturated heterocycles. The molecule has 4 heteroatoms. The predicted molar refractivity (Wildman–Crippen MR) is 96.3 cm³/mol. The lowest BCUT2D eigenvalue weighted by molar-refractivity contribution is -0.305. The van der Waals surface area contributed by atoms with E-state index in [0.29, 0.717) is 19.3 Å². The summed E-state index contributed by atoms with van der Waals surface area (Å²) in [6.45, 7) is 2.20. The van der Waals surface area contributed by atoms with Crippen LogP contribution in [0.25, 0.3) is 0 Å². The van der Waals surface area contributed by atoms with E-state index in [1.165, 1.54) is 19.3 Å². The molecule has 4 nitrogen and oxygen atoms in total. The molecular weight excluding hydrogens is 304 g/mol. The molecule has 0 spiro atoms. The van der Waals surface area contributed by atoms with Gasteiger partial charge in [-0.25, -0.2) is 4.89 Å². The highest BCUT2D eigenvalue weighted by molar-refractivity contribution is 5.64. The monoisotopic (exact) mass is 335 g/mol. The van der Waals surface area contributed by atoms with Gasteiger partial charge in [0, 0.05) is 5.97 Å². The maximum absolute atomic E-state index is 10.3. The van der Waals surface area contributed by atoms with Gasteiger partial charge in [0.05, 0.1) is 0 Å². The van der Waals surface area contributed by atoms with Crippen molar-refractivity contribution >= 4 is 5.97 Å². The van der Waals surface area contributed by atoms with Crippen LogP contribution in [0.5, 0.6) is 0 Å². The van der Waals surface area contributed by atoms with Gasteiger partial charge in [-0.3, -0.25) is 5.26 Å². The minimum absolute atomic E-state index is 0.0714. The number of hydrogen-bond donors (Lipinski definition) is 1. The molecule has 24 heavy (non-hydrogen) atoms. The maximum atomic E-state index is 10.3. The summed E-state index contributed by atoms with van der Waals surface area (Å²) < 4.78 is 0. The van der Waals surface area contributed by atoms with Crippen LogP contribution in [0, 0.1) is 0 Å². The summed E-state index contributed by atoms with van der Waals surface area (Å²) in [5.74, 6) is -1.02. The van der Waals surface area contributed by atoms with E-state index in [1.54, 1.807) is 6.08 Å². The highest BCUT2D eigenvalue weighted by atomic mass is 17.1. The van der Waals surface area contributed by atoms with Crippen molar-refractivity contribution in [2.24, 2.45) is 0 Å². The molecule has 0 aromatic heterocycles. The molecule has 1 unspecified atom stereocenters. The number of carbonyl (C=O) groups excluding carboxylic acids is 1. The van der Waals surface area contributed by atoms with Crippen molar-refractivity contribution in [3.05, 3.63) is 48.6 Å². The van der Waals surface area contributed by atoms with Crippen LogP contribution in [0.1, 0.15) is 64.7 Å². The fourth-order valence-electron chi connectivity index (χ4n) is 2.02. The average molecular weight is 335 g/mol. The molecule has 0 fully saturated rings. The van der Waals surface area contributed by atoms with Crippen molar-refractivity contribution in [2.75, 3.05) is 0 Å². The Morgan fingerprint density at radius 2 is 1.79 bits per heavy atom. The molecule has 136 valence electrons. The molecule has 0 rings (SSSR count). The van der Waals surface area contributed by atoms with E-state index in [0.717, 1.165) is 12.8 Å². The van der Waals surface area contributed by atoms with Gasteiger partial charge in [-0.2, -0.15) is 0 Å². The fraction of sp³-hybridized carbons (Fsp3) is 0.550. The molecule has 0 saturated carbocycles. The highest BCUT2D eigenvalue weighted by Gasteiger charge is 1.99. The van der Waals surface area contributed by atoms with Crippen LogP contribution in [0.15, 0.2) is 48.6 Å². The number of carbonyl (C=O) groups is 1. The Labute approximate surface area is 146 Å². The standard InChI is InChI=1S/C20H32O4/c1-2-3-4-5-6-7-8-9-10-13-16-19(24-23)17-14-11-12-15-18-20(21)22/h6-7,9-11,13-14,16,19,23H,2-5,8,12,15,17-18H2,1H3,(H,21,22)/p-1/b7-6-,10-9-,14-11-,16-13+. The Kier molecular flexibility index (Phi) is 16.5. The van der Waals surface area contributed by atoms with E-state index in [-0.39, 0.29) is 6.42 Å². The molecule has 0 radical (unpaired) electrons. The zero-order chi connectivity index (χ0) is 17.9. The van der Waals surface area contributed by atoms with Gasteiger partial charge in [-0.1, -0.05) is 68.4 Å². The van der Waals surface area contributed by atoms with Crippen LogP contribution in [0.2, 0.25) is 0 Å². The Bertz CT molecular complexity index is 408. The first kappa shape index (κ1) is 22.4. The minimum Gasteiger partial charge on any atom is -0.550 e. The van der Waals surface area contributed by atoms with E-state index in [4.69, 9.17) is 5.26 Å². The molecule has 0 aromatic carbocycles. The zero-order valence-electron chi connectivity index (χ0n) is 14.7. The Hall–Kier alpha value is -1.65. The first-order valence-electron chi connectivity index (χ1n) is 8.84. The van der Waals surface area contributed by atoms with Crippen molar-refractivity contribution < 1.29 is 20.0 Å². The van der Waals surface area contributed by atoms with Crippen LogP contribution >= 0.6 is 0 Å². The van der Waals surface area contributed by atoms with Crippen molar-refractivity contribution in [1.82, 2.24) is 0 Å². The van der Waals surface area contributed by atoms with Crippen molar-refractivity contribution in [3.8, 4) is 0 Å². The second-order valence-corrected chi connectivity index (χ2v) is 5.63. The number of unbranched alkanes of at least 4 members (excludes halogenated alkanes) is 4. The van der Waals surface area contributed by atoms with E-state index in [1.807, 2.05) is 24.3 Å². The van der Waals surface area contributed by atoms with Gasteiger partial charge >= 0.3 is 0 Å². The summed E-state index contributed by atoms with van der Waals surface area (Å²) in [6, 6.07) is 0. The third-order valence-corrected chi connectivity index (χ3v) is 3.41. The first-order valence-corrected chi connectivity index (χ1v) is 8.84. The minimum atomic E-state index is -1.02. The molecule has 0 heterocycles. The molecule has 0 bridgehead atoms. The van der Waals surface area contributed by atoms with Gasteiger partial charge in [-0.15, -0.1) is 0 Å². The van der Waals surface area contributed by atoms with Crippen LogP contribution < -0.4 is 5.11 Å². The van der Waals surface area contributed by atoms with Crippen LogP contribution in [0.4, 0.5) is 0 Å². The number of allylic oxidation sites excluding steroid dienone is 6. The van der Waals surface area contributed by atoms with Crippen molar-refractivity contribution in [1.29, 1.82) is 0 Å². The van der Waals surface area contributed by atoms with E-state index in [9.17, 15) is 9.90 Å². The van der Waals surface area contributed by atoms with Gasteiger partial charge in [0.1, 0.15) is 6.10 Å². The van der Waals surface area contributed by atoms with Gasteiger partial charge < -0.3 is 9.90 Å². The number of carboxylic acid groups (broad SMARTS) is 1. The SMILES string of the molecule is CCCCC/C=C\C/C=C\C=C\C(C/C=C\CCCC(=O)[O-])OO. The van der Waals surface area contributed by atoms with E-state index >= 15 is 0 Å².